The van der Waals surface area contributed by atoms with Gasteiger partial charge in [-0.05, 0) is 43.7 Å². The van der Waals surface area contributed by atoms with Crippen molar-refractivity contribution in [3.63, 3.8) is 0 Å². The first kappa shape index (κ1) is 19.7. The molecule has 2 heterocycles. The van der Waals surface area contributed by atoms with Gasteiger partial charge in [-0.3, -0.25) is 9.69 Å². The number of carbonyl (C=O) groups is 2. The molecule has 8 heteroatoms. The van der Waals surface area contributed by atoms with Crippen LogP contribution in [0.5, 0.6) is 0 Å². The van der Waals surface area contributed by atoms with Gasteiger partial charge in [-0.25, -0.2) is 9.48 Å². The van der Waals surface area contributed by atoms with Crippen LogP contribution >= 0.6 is 11.6 Å². The summed E-state index contributed by atoms with van der Waals surface area (Å²) in [6, 6.07) is 17.7. The Hall–Kier alpha value is -3.63. The monoisotopic (exact) mass is 419 g/mol. The molecule has 0 bridgehead atoms. The lowest BCUT2D eigenvalue weighted by atomic mass is 9.92. The molecule has 1 N–H and O–H groups in total. The lowest BCUT2D eigenvalue weighted by molar-refractivity contribution is -0.131. The number of hydrogen-bond donors (Lipinski definition) is 1. The average molecular weight is 420 g/mol. The molecule has 0 radical (unpaired) electrons. The van der Waals surface area contributed by atoms with Crippen LogP contribution in [0.3, 0.4) is 0 Å². The van der Waals surface area contributed by atoms with E-state index in [0.717, 1.165) is 10.6 Å². The molecule has 7 nitrogen and oxygen atoms in total. The molecule has 1 aliphatic rings. The first-order valence-electron chi connectivity index (χ1n) is 9.29. The van der Waals surface area contributed by atoms with E-state index >= 15 is 0 Å². The Morgan fingerprint density at radius 3 is 2.57 bits per heavy atom. The minimum atomic E-state index is -1.25. The number of nitriles is 1. The molecule has 1 fully saturated rings. The number of hydrogen-bond acceptors (Lipinski definition) is 4. The number of urea groups is 1. The third-order valence-electron chi connectivity index (χ3n) is 5.25. The van der Waals surface area contributed by atoms with Gasteiger partial charge in [0.05, 0.1) is 29.2 Å². The molecule has 0 saturated carbocycles. The average Bonchev–Trinajstić information content (AvgIpc) is 3.17. The summed E-state index contributed by atoms with van der Waals surface area (Å²) in [5.74, 6) is -0.419. The van der Waals surface area contributed by atoms with Crippen molar-refractivity contribution in [2.24, 2.45) is 0 Å². The first-order valence-corrected chi connectivity index (χ1v) is 9.67. The third kappa shape index (κ3) is 3.11. The van der Waals surface area contributed by atoms with Gasteiger partial charge in [0, 0.05) is 5.02 Å². The summed E-state index contributed by atoms with van der Waals surface area (Å²) in [5.41, 5.74) is 1.42. The zero-order valence-corrected chi connectivity index (χ0v) is 17.1. The number of carbonyl (C=O) groups excluding carboxylic acids is 2. The van der Waals surface area contributed by atoms with Crippen LogP contribution in [0.4, 0.5) is 4.79 Å². The highest BCUT2D eigenvalue weighted by molar-refractivity contribution is 6.30. The first-order chi connectivity index (χ1) is 14.3. The highest BCUT2D eigenvalue weighted by Crippen LogP contribution is 2.32. The van der Waals surface area contributed by atoms with Crippen LogP contribution in [0.15, 0.2) is 54.6 Å². The molecule has 30 heavy (non-hydrogen) atoms. The fraction of sp³-hybridized carbons (Fsp3) is 0.182. The number of aromatic nitrogens is 2. The molecular weight excluding hydrogens is 402 g/mol. The molecule has 0 aliphatic carbocycles. The van der Waals surface area contributed by atoms with Crippen LogP contribution in [0, 0.1) is 18.3 Å². The van der Waals surface area contributed by atoms with E-state index in [-0.39, 0.29) is 6.54 Å². The Morgan fingerprint density at radius 2 is 1.90 bits per heavy atom. The van der Waals surface area contributed by atoms with Crippen molar-refractivity contribution >= 4 is 23.5 Å². The maximum absolute atomic E-state index is 13.3. The van der Waals surface area contributed by atoms with E-state index in [1.807, 2.05) is 30.3 Å². The van der Waals surface area contributed by atoms with Crippen LogP contribution in [-0.2, 0) is 16.9 Å². The van der Waals surface area contributed by atoms with Crippen molar-refractivity contribution in [2.45, 2.75) is 25.9 Å². The van der Waals surface area contributed by atoms with E-state index in [2.05, 4.69) is 16.5 Å². The number of rotatable bonds is 4. The summed E-state index contributed by atoms with van der Waals surface area (Å²) in [4.78, 5) is 27.2. The molecule has 3 amide bonds. The largest absolute Gasteiger partial charge is 0.325 e. The summed E-state index contributed by atoms with van der Waals surface area (Å²) < 4.78 is 1.60. The van der Waals surface area contributed by atoms with Gasteiger partial charge in [-0.15, -0.1) is 0 Å². The minimum Gasteiger partial charge on any atom is -0.319 e. The molecule has 1 atom stereocenters. The normalized spacial score (nSPS) is 18.4. The van der Waals surface area contributed by atoms with Crippen LogP contribution < -0.4 is 5.32 Å². The molecule has 1 aliphatic heterocycles. The second-order valence-electron chi connectivity index (χ2n) is 7.22. The number of amides is 3. The summed E-state index contributed by atoms with van der Waals surface area (Å²) in [7, 11) is 0. The Balaban J connectivity index is 1.74. The number of nitrogens with zero attached hydrogens (tertiary/aromatic N) is 4. The van der Waals surface area contributed by atoms with E-state index in [1.165, 1.54) is 0 Å². The summed E-state index contributed by atoms with van der Waals surface area (Å²) in [6.45, 7) is 3.28. The predicted molar refractivity (Wildman–Crippen MR) is 111 cm³/mol. The number of halogens is 1. The SMILES string of the molecule is Cc1nn(-c2ccccc2)c(CN2C(=O)NC(C)(c3cccc(Cl)c3)C2=O)c1C#N. The van der Waals surface area contributed by atoms with E-state index in [9.17, 15) is 14.9 Å². The molecule has 1 aromatic heterocycles. The highest BCUT2D eigenvalue weighted by Gasteiger charge is 2.49. The van der Waals surface area contributed by atoms with E-state index in [0.29, 0.717) is 27.5 Å². The van der Waals surface area contributed by atoms with Crippen molar-refractivity contribution in [1.82, 2.24) is 20.0 Å². The van der Waals surface area contributed by atoms with Crippen LogP contribution in [0.1, 0.15) is 29.4 Å². The van der Waals surface area contributed by atoms with Crippen molar-refractivity contribution < 1.29 is 9.59 Å². The van der Waals surface area contributed by atoms with E-state index in [4.69, 9.17) is 11.6 Å². The predicted octanol–water partition coefficient (Wildman–Crippen LogP) is 3.67. The van der Waals surface area contributed by atoms with Crippen molar-refractivity contribution in [3.8, 4) is 11.8 Å². The Morgan fingerprint density at radius 1 is 1.17 bits per heavy atom. The summed E-state index contributed by atoms with van der Waals surface area (Å²) in [5, 5.41) is 17.3. The molecule has 4 rings (SSSR count). The molecule has 1 saturated heterocycles. The molecular formula is C22H18ClN5O2. The topological polar surface area (TPSA) is 91.0 Å². The molecule has 2 aromatic carbocycles. The summed E-state index contributed by atoms with van der Waals surface area (Å²) in [6.07, 6.45) is 0. The Kier molecular flexibility index (Phi) is 4.80. The number of aryl methyl sites for hydroxylation is 1. The molecule has 1 unspecified atom stereocenters. The number of imide groups is 1. The quantitative estimate of drug-likeness (QED) is 0.653. The third-order valence-corrected chi connectivity index (χ3v) is 5.49. The van der Waals surface area contributed by atoms with Gasteiger partial charge in [0.25, 0.3) is 5.91 Å². The van der Waals surface area contributed by atoms with Crippen molar-refractivity contribution in [1.29, 1.82) is 5.26 Å². The highest BCUT2D eigenvalue weighted by atomic mass is 35.5. The van der Waals surface area contributed by atoms with Gasteiger partial charge in [0.2, 0.25) is 0 Å². The second-order valence-corrected chi connectivity index (χ2v) is 7.66. The number of para-hydroxylation sites is 1. The Labute approximate surface area is 178 Å². The van der Waals surface area contributed by atoms with Gasteiger partial charge in [0.15, 0.2) is 0 Å². The Bertz CT molecular complexity index is 1200. The van der Waals surface area contributed by atoms with Crippen LogP contribution in [0.25, 0.3) is 5.69 Å². The minimum absolute atomic E-state index is 0.0839. The van der Waals surface area contributed by atoms with Gasteiger partial charge in [0.1, 0.15) is 11.6 Å². The van der Waals surface area contributed by atoms with E-state index < -0.39 is 17.5 Å². The van der Waals surface area contributed by atoms with Gasteiger partial charge >= 0.3 is 6.03 Å². The molecule has 0 spiro atoms. The van der Waals surface area contributed by atoms with Crippen LogP contribution in [0.2, 0.25) is 5.02 Å². The molecule has 150 valence electrons. The lowest BCUT2D eigenvalue weighted by Gasteiger charge is -2.22. The smallest absolute Gasteiger partial charge is 0.319 e. The maximum Gasteiger partial charge on any atom is 0.325 e. The van der Waals surface area contributed by atoms with Gasteiger partial charge < -0.3 is 5.32 Å². The van der Waals surface area contributed by atoms with Crippen molar-refractivity contribution in [2.75, 3.05) is 0 Å². The fourth-order valence-corrected chi connectivity index (χ4v) is 3.83. The number of benzene rings is 2. The number of nitrogens with one attached hydrogen (secondary N) is 1. The fourth-order valence-electron chi connectivity index (χ4n) is 3.63. The lowest BCUT2D eigenvalue weighted by Crippen LogP contribution is -2.40. The van der Waals surface area contributed by atoms with Gasteiger partial charge in [-0.2, -0.15) is 10.4 Å². The van der Waals surface area contributed by atoms with Crippen LogP contribution in [-0.4, -0.2) is 26.6 Å². The standard InChI is InChI=1S/C22H18ClN5O2/c1-14-18(12-24)19(28(26-14)17-9-4-3-5-10-17)13-27-20(29)22(2,25-21(27)30)15-7-6-8-16(23)11-15/h3-11H,13H2,1-2H3,(H,25,30). The van der Waals surface area contributed by atoms with Crippen molar-refractivity contribution in [3.05, 3.63) is 82.1 Å². The van der Waals surface area contributed by atoms with Gasteiger partial charge in [-0.1, -0.05) is 41.9 Å². The zero-order valence-electron chi connectivity index (χ0n) is 16.4. The second kappa shape index (κ2) is 7.32. The zero-order chi connectivity index (χ0) is 21.5. The molecule has 3 aromatic rings. The summed E-state index contributed by atoms with van der Waals surface area (Å²) >= 11 is 6.08. The maximum atomic E-state index is 13.3. The van der Waals surface area contributed by atoms with E-state index in [1.54, 1.807) is 42.8 Å².